The van der Waals surface area contributed by atoms with E-state index in [1.807, 2.05) is 0 Å². The Hall–Kier alpha value is -0.720. The highest BCUT2D eigenvalue weighted by Crippen LogP contribution is 2.22. The zero-order chi connectivity index (χ0) is 14.0. The number of hydrogen-bond donors (Lipinski definition) is 1. The van der Waals surface area contributed by atoms with Gasteiger partial charge in [0.05, 0.1) is 22.1 Å². The van der Waals surface area contributed by atoms with E-state index in [2.05, 4.69) is 12.6 Å². The van der Waals surface area contributed by atoms with Crippen molar-refractivity contribution in [2.75, 3.05) is 24.6 Å². The molecule has 4 nitrogen and oxygen atoms in total. The van der Waals surface area contributed by atoms with Crippen LogP contribution in [0.4, 0.5) is 0 Å². The molecular weight excluding hydrogens is 306 g/mol. The lowest BCUT2D eigenvalue weighted by atomic mass is 10.2. The number of halogens is 1. The average molecular weight is 320 g/mol. The van der Waals surface area contributed by atoms with Gasteiger partial charge in [-0.05, 0) is 24.6 Å². The number of carbonyl (C=O) groups is 1. The molecule has 0 atom stereocenters. The molecule has 0 spiro atoms. The fourth-order valence-corrected chi connectivity index (χ4v) is 3.66. The second kappa shape index (κ2) is 5.73. The molecule has 0 saturated carbocycles. The maximum atomic E-state index is 12.3. The number of rotatable bonds is 1. The van der Waals surface area contributed by atoms with E-state index in [9.17, 15) is 13.2 Å². The SMILES string of the molecule is O=C(c1cc(S)ccc1Cl)N1CCCS(=O)(=O)CC1. The number of benzene rings is 1. The fourth-order valence-electron chi connectivity index (χ4n) is 1.99. The molecule has 0 aliphatic carbocycles. The summed E-state index contributed by atoms with van der Waals surface area (Å²) in [5.74, 6) is -0.0911. The van der Waals surface area contributed by atoms with E-state index in [1.165, 1.54) is 0 Å². The van der Waals surface area contributed by atoms with Crippen LogP contribution >= 0.6 is 24.2 Å². The van der Waals surface area contributed by atoms with Gasteiger partial charge in [0, 0.05) is 18.0 Å². The first kappa shape index (κ1) is 14.7. The van der Waals surface area contributed by atoms with Crippen LogP contribution in [0.3, 0.4) is 0 Å². The van der Waals surface area contributed by atoms with Gasteiger partial charge in [-0.1, -0.05) is 11.6 Å². The fraction of sp³-hybridized carbons (Fsp3) is 0.417. The minimum Gasteiger partial charge on any atom is -0.338 e. The smallest absolute Gasteiger partial charge is 0.255 e. The topological polar surface area (TPSA) is 54.5 Å². The number of sulfone groups is 1. The van der Waals surface area contributed by atoms with Crippen LogP contribution in [-0.2, 0) is 9.84 Å². The van der Waals surface area contributed by atoms with Crippen molar-refractivity contribution >= 4 is 40.0 Å². The van der Waals surface area contributed by atoms with Crippen LogP contribution in [0.5, 0.6) is 0 Å². The minimum absolute atomic E-state index is 0.0108. The van der Waals surface area contributed by atoms with Gasteiger partial charge in [0.15, 0.2) is 9.84 Å². The lowest BCUT2D eigenvalue weighted by Gasteiger charge is -2.20. The van der Waals surface area contributed by atoms with Gasteiger partial charge >= 0.3 is 0 Å². The van der Waals surface area contributed by atoms with Crippen LogP contribution in [0.1, 0.15) is 16.8 Å². The summed E-state index contributed by atoms with van der Waals surface area (Å²) in [5.41, 5.74) is 0.369. The molecule has 1 fully saturated rings. The molecule has 1 aliphatic rings. The highest BCUT2D eigenvalue weighted by Gasteiger charge is 2.24. The van der Waals surface area contributed by atoms with Gasteiger partial charge < -0.3 is 4.90 Å². The van der Waals surface area contributed by atoms with Gasteiger partial charge in [0.2, 0.25) is 0 Å². The molecule has 7 heteroatoms. The molecule has 1 aromatic rings. The number of hydrogen-bond acceptors (Lipinski definition) is 4. The summed E-state index contributed by atoms with van der Waals surface area (Å²) in [6.45, 7) is 0.652. The van der Waals surface area contributed by atoms with Gasteiger partial charge in [0.1, 0.15) is 0 Å². The first-order chi connectivity index (χ1) is 8.89. The molecule has 0 bridgehead atoms. The molecule has 0 radical (unpaired) electrons. The molecule has 2 rings (SSSR count). The van der Waals surface area contributed by atoms with Crippen molar-refractivity contribution in [2.24, 2.45) is 0 Å². The summed E-state index contributed by atoms with van der Waals surface area (Å²) in [6, 6.07) is 4.92. The van der Waals surface area contributed by atoms with E-state index in [-0.39, 0.29) is 24.0 Å². The summed E-state index contributed by atoms with van der Waals surface area (Å²) in [5, 5.41) is 0.356. The van der Waals surface area contributed by atoms with Crippen LogP contribution in [0, 0.1) is 0 Å². The van der Waals surface area contributed by atoms with E-state index in [4.69, 9.17) is 11.6 Å². The van der Waals surface area contributed by atoms with E-state index >= 15 is 0 Å². The van der Waals surface area contributed by atoms with Gasteiger partial charge in [-0.15, -0.1) is 12.6 Å². The first-order valence-electron chi connectivity index (χ1n) is 5.87. The Morgan fingerprint density at radius 3 is 2.74 bits per heavy atom. The third kappa shape index (κ3) is 3.64. The van der Waals surface area contributed by atoms with Crippen molar-refractivity contribution in [3.05, 3.63) is 28.8 Å². The van der Waals surface area contributed by atoms with Crippen LogP contribution in [0.25, 0.3) is 0 Å². The normalized spacial score (nSPS) is 18.9. The van der Waals surface area contributed by atoms with E-state index < -0.39 is 9.84 Å². The standard InChI is InChI=1S/C12H14ClNO3S2/c13-11-3-2-9(18)8-10(11)12(15)14-4-1-6-19(16,17)7-5-14/h2-3,8,18H,1,4-7H2. The molecule has 1 aliphatic heterocycles. The Balaban J connectivity index is 2.22. The number of nitrogens with zero attached hydrogens (tertiary/aromatic N) is 1. The average Bonchev–Trinajstić information content (AvgIpc) is 2.52. The highest BCUT2D eigenvalue weighted by molar-refractivity contribution is 7.91. The Morgan fingerprint density at radius 1 is 1.26 bits per heavy atom. The quantitative estimate of drug-likeness (QED) is 0.804. The maximum absolute atomic E-state index is 12.3. The van der Waals surface area contributed by atoms with Crippen LogP contribution in [0.15, 0.2) is 23.1 Å². The largest absolute Gasteiger partial charge is 0.338 e. The molecule has 1 amide bonds. The lowest BCUT2D eigenvalue weighted by molar-refractivity contribution is 0.0768. The summed E-state index contributed by atoms with van der Waals surface area (Å²) in [7, 11) is -3.03. The maximum Gasteiger partial charge on any atom is 0.255 e. The molecule has 0 unspecified atom stereocenters. The lowest BCUT2D eigenvalue weighted by Crippen LogP contribution is -2.33. The zero-order valence-electron chi connectivity index (χ0n) is 10.2. The molecule has 1 aromatic carbocycles. The monoisotopic (exact) mass is 319 g/mol. The summed E-state index contributed by atoms with van der Waals surface area (Å²) < 4.78 is 23.0. The summed E-state index contributed by atoms with van der Waals surface area (Å²) >= 11 is 10.2. The van der Waals surface area contributed by atoms with Gasteiger partial charge in [-0.3, -0.25) is 4.79 Å². The number of thiol groups is 1. The molecular formula is C12H14ClNO3S2. The third-order valence-corrected chi connectivity index (χ3v) is 5.35. The molecule has 1 heterocycles. The van der Waals surface area contributed by atoms with E-state index in [1.54, 1.807) is 23.1 Å². The highest BCUT2D eigenvalue weighted by atomic mass is 35.5. The van der Waals surface area contributed by atoms with E-state index in [0.29, 0.717) is 28.4 Å². The Bertz CT molecular complexity index is 601. The number of carbonyl (C=O) groups excluding carboxylic acids is 1. The molecule has 0 aromatic heterocycles. The van der Waals surface area contributed by atoms with Crippen LogP contribution < -0.4 is 0 Å². The molecule has 0 N–H and O–H groups in total. The Labute approximate surface area is 123 Å². The number of amides is 1. The third-order valence-electron chi connectivity index (χ3n) is 3.02. The van der Waals surface area contributed by atoms with Crippen molar-refractivity contribution in [3.8, 4) is 0 Å². The van der Waals surface area contributed by atoms with Gasteiger partial charge in [0.25, 0.3) is 5.91 Å². The Kier molecular flexibility index (Phi) is 4.43. The molecule has 104 valence electrons. The first-order valence-corrected chi connectivity index (χ1v) is 8.52. The Morgan fingerprint density at radius 2 is 2.00 bits per heavy atom. The van der Waals surface area contributed by atoms with Crippen molar-refractivity contribution in [1.82, 2.24) is 4.90 Å². The minimum atomic E-state index is -3.03. The summed E-state index contributed by atoms with van der Waals surface area (Å²) in [6.07, 6.45) is 0.465. The van der Waals surface area contributed by atoms with Crippen molar-refractivity contribution in [3.63, 3.8) is 0 Å². The van der Waals surface area contributed by atoms with Crippen molar-refractivity contribution in [2.45, 2.75) is 11.3 Å². The van der Waals surface area contributed by atoms with Gasteiger partial charge in [-0.2, -0.15) is 0 Å². The zero-order valence-corrected chi connectivity index (χ0v) is 12.6. The molecule has 19 heavy (non-hydrogen) atoms. The van der Waals surface area contributed by atoms with Gasteiger partial charge in [-0.25, -0.2) is 8.42 Å². The van der Waals surface area contributed by atoms with Crippen LogP contribution in [0.2, 0.25) is 5.02 Å². The van der Waals surface area contributed by atoms with Crippen LogP contribution in [-0.4, -0.2) is 43.8 Å². The second-order valence-corrected chi connectivity index (χ2v) is 7.69. The van der Waals surface area contributed by atoms with Crippen molar-refractivity contribution < 1.29 is 13.2 Å². The summed E-state index contributed by atoms with van der Waals surface area (Å²) in [4.78, 5) is 14.5. The van der Waals surface area contributed by atoms with E-state index in [0.717, 1.165) is 0 Å². The predicted octanol–water partition coefficient (Wildman–Crippen LogP) is 1.89. The van der Waals surface area contributed by atoms with Crippen molar-refractivity contribution in [1.29, 1.82) is 0 Å². The predicted molar refractivity (Wildman–Crippen MR) is 77.9 cm³/mol. The second-order valence-electron chi connectivity index (χ2n) is 4.46. The molecule has 1 saturated heterocycles.